The lowest BCUT2D eigenvalue weighted by Gasteiger charge is -2.10. The minimum atomic E-state index is -0.383. The molecule has 1 unspecified atom stereocenters. The van der Waals surface area contributed by atoms with Crippen LogP contribution in [0.25, 0.3) is 11.0 Å². The molecule has 0 radical (unpaired) electrons. The molecule has 1 saturated carbocycles. The van der Waals surface area contributed by atoms with Crippen molar-refractivity contribution >= 4 is 16.8 Å². The van der Waals surface area contributed by atoms with Crippen LogP contribution in [-0.2, 0) is 11.2 Å². The first-order valence-electron chi connectivity index (χ1n) is 6.81. The van der Waals surface area contributed by atoms with Crippen LogP contribution in [-0.4, -0.2) is 12.9 Å². The molecule has 0 aliphatic heterocycles. The molecule has 1 aliphatic carbocycles. The van der Waals surface area contributed by atoms with Crippen molar-refractivity contribution in [2.75, 3.05) is 7.11 Å². The van der Waals surface area contributed by atoms with Crippen molar-refractivity contribution in [2.45, 2.75) is 25.7 Å². The lowest BCUT2D eigenvalue weighted by Crippen LogP contribution is -2.11. The Balaban J connectivity index is 2.05. The van der Waals surface area contributed by atoms with Crippen LogP contribution in [0.4, 0.5) is 0 Å². The van der Waals surface area contributed by atoms with Gasteiger partial charge >= 0.3 is 5.63 Å². The van der Waals surface area contributed by atoms with E-state index in [4.69, 9.17) is 9.15 Å². The first-order valence-corrected chi connectivity index (χ1v) is 6.81. The number of rotatable bonds is 3. The molecule has 4 heteroatoms. The van der Waals surface area contributed by atoms with Crippen LogP contribution >= 0.6 is 0 Å². The zero-order chi connectivity index (χ0) is 14.1. The van der Waals surface area contributed by atoms with E-state index >= 15 is 0 Å². The van der Waals surface area contributed by atoms with Crippen LogP contribution in [0.2, 0.25) is 0 Å². The lowest BCUT2D eigenvalue weighted by molar-refractivity contribution is -0.120. The molecule has 0 spiro atoms. The normalized spacial score (nSPS) is 18.6. The van der Waals surface area contributed by atoms with Crippen molar-refractivity contribution in [2.24, 2.45) is 5.92 Å². The van der Waals surface area contributed by atoms with Crippen molar-refractivity contribution in [3.63, 3.8) is 0 Å². The predicted octanol–water partition coefficient (Wildman–Crippen LogP) is 2.71. The van der Waals surface area contributed by atoms with Crippen molar-refractivity contribution in [3.05, 3.63) is 40.2 Å². The maximum Gasteiger partial charge on any atom is 0.336 e. The third-order valence-corrected chi connectivity index (χ3v) is 3.93. The van der Waals surface area contributed by atoms with Crippen molar-refractivity contribution in [1.82, 2.24) is 0 Å². The summed E-state index contributed by atoms with van der Waals surface area (Å²) in [4.78, 5) is 23.4. The Bertz CT molecular complexity index is 714. The monoisotopic (exact) mass is 272 g/mol. The molecular formula is C16H16O4. The molecule has 20 heavy (non-hydrogen) atoms. The largest absolute Gasteiger partial charge is 0.497 e. The van der Waals surface area contributed by atoms with Gasteiger partial charge in [0, 0.05) is 29.9 Å². The Labute approximate surface area is 116 Å². The van der Waals surface area contributed by atoms with Crippen LogP contribution < -0.4 is 10.4 Å². The minimum Gasteiger partial charge on any atom is -0.497 e. The summed E-state index contributed by atoms with van der Waals surface area (Å²) >= 11 is 0. The van der Waals surface area contributed by atoms with Gasteiger partial charge in [-0.3, -0.25) is 4.79 Å². The van der Waals surface area contributed by atoms with Crippen LogP contribution in [0.1, 0.15) is 24.8 Å². The van der Waals surface area contributed by atoms with Gasteiger partial charge in [-0.1, -0.05) is 0 Å². The molecule has 1 fully saturated rings. The van der Waals surface area contributed by atoms with Crippen molar-refractivity contribution < 1.29 is 13.9 Å². The van der Waals surface area contributed by atoms with Gasteiger partial charge in [-0.05, 0) is 37.0 Å². The number of ether oxygens (including phenoxy) is 1. The van der Waals surface area contributed by atoms with Gasteiger partial charge in [-0.15, -0.1) is 0 Å². The molecule has 0 amide bonds. The summed E-state index contributed by atoms with van der Waals surface area (Å²) in [5, 5.41) is 0.880. The molecule has 1 heterocycles. The van der Waals surface area contributed by atoms with E-state index in [0.717, 1.165) is 23.8 Å². The highest BCUT2D eigenvalue weighted by molar-refractivity contribution is 5.85. The third-order valence-electron chi connectivity index (χ3n) is 3.93. The average molecular weight is 272 g/mol. The molecule has 4 nitrogen and oxygen atoms in total. The summed E-state index contributed by atoms with van der Waals surface area (Å²) in [7, 11) is 1.57. The van der Waals surface area contributed by atoms with Gasteiger partial charge in [0.25, 0.3) is 0 Å². The molecule has 2 aromatic rings. The Morgan fingerprint density at radius 2 is 2.15 bits per heavy atom. The van der Waals surface area contributed by atoms with Crippen LogP contribution in [0.3, 0.4) is 0 Å². The van der Waals surface area contributed by atoms with E-state index in [1.165, 1.54) is 6.07 Å². The molecule has 1 atom stereocenters. The number of fused-ring (bicyclic) bond motifs is 1. The molecule has 1 aromatic heterocycles. The summed E-state index contributed by atoms with van der Waals surface area (Å²) in [5.74, 6) is 0.997. The van der Waals surface area contributed by atoms with E-state index in [9.17, 15) is 9.59 Å². The van der Waals surface area contributed by atoms with Gasteiger partial charge in [-0.2, -0.15) is 0 Å². The van der Waals surface area contributed by atoms with E-state index < -0.39 is 0 Å². The molecule has 104 valence electrons. The SMILES string of the molecule is COc1ccc2c(CC3CCCC3=O)cc(=O)oc2c1. The van der Waals surface area contributed by atoms with Crippen molar-refractivity contribution in [1.29, 1.82) is 0 Å². The Morgan fingerprint density at radius 3 is 2.85 bits per heavy atom. The number of hydrogen-bond donors (Lipinski definition) is 0. The van der Waals surface area contributed by atoms with E-state index in [-0.39, 0.29) is 11.5 Å². The fraction of sp³-hybridized carbons (Fsp3) is 0.375. The van der Waals surface area contributed by atoms with Gasteiger partial charge in [0.15, 0.2) is 0 Å². The lowest BCUT2D eigenvalue weighted by atomic mass is 9.95. The summed E-state index contributed by atoms with van der Waals surface area (Å²) in [5.41, 5.74) is 1.02. The predicted molar refractivity (Wildman–Crippen MR) is 75.1 cm³/mol. The van der Waals surface area contributed by atoms with E-state index in [1.54, 1.807) is 13.2 Å². The number of methoxy groups -OCH3 is 1. The van der Waals surface area contributed by atoms with Gasteiger partial charge < -0.3 is 9.15 Å². The second-order valence-electron chi connectivity index (χ2n) is 5.21. The number of hydrogen-bond acceptors (Lipinski definition) is 4. The highest BCUT2D eigenvalue weighted by Crippen LogP contribution is 2.29. The maximum atomic E-state index is 11.8. The fourth-order valence-corrected chi connectivity index (χ4v) is 2.88. The number of ketones is 1. The Kier molecular flexibility index (Phi) is 3.30. The molecule has 3 rings (SSSR count). The Hall–Kier alpha value is -2.10. The second-order valence-corrected chi connectivity index (χ2v) is 5.21. The third kappa shape index (κ3) is 2.33. The van der Waals surface area contributed by atoms with E-state index in [1.807, 2.05) is 12.1 Å². The van der Waals surface area contributed by atoms with Crippen LogP contribution in [0.5, 0.6) is 5.75 Å². The summed E-state index contributed by atoms with van der Waals surface area (Å²) < 4.78 is 10.4. The first-order chi connectivity index (χ1) is 9.67. The minimum absolute atomic E-state index is 0.0436. The summed E-state index contributed by atoms with van der Waals surface area (Å²) in [6.07, 6.45) is 3.15. The average Bonchev–Trinajstić information content (AvgIpc) is 2.83. The topological polar surface area (TPSA) is 56.5 Å². The highest BCUT2D eigenvalue weighted by Gasteiger charge is 2.25. The zero-order valence-corrected chi connectivity index (χ0v) is 11.3. The number of carbonyl (C=O) groups excluding carboxylic acids is 1. The Morgan fingerprint density at radius 1 is 1.30 bits per heavy atom. The summed E-state index contributed by atoms with van der Waals surface area (Å²) in [6, 6.07) is 6.92. The quantitative estimate of drug-likeness (QED) is 0.806. The molecule has 0 bridgehead atoms. The highest BCUT2D eigenvalue weighted by atomic mass is 16.5. The number of benzene rings is 1. The van der Waals surface area contributed by atoms with E-state index in [2.05, 4.69) is 0 Å². The van der Waals surface area contributed by atoms with Gasteiger partial charge in [0.1, 0.15) is 17.1 Å². The zero-order valence-electron chi connectivity index (χ0n) is 11.3. The molecule has 1 aliphatic rings. The first kappa shape index (κ1) is 12.9. The van der Waals surface area contributed by atoms with Gasteiger partial charge in [-0.25, -0.2) is 4.79 Å². The standard InChI is InChI=1S/C16H16O4/c1-19-12-5-6-13-11(7-10-3-2-4-14(10)17)8-16(18)20-15(13)9-12/h5-6,8-10H,2-4,7H2,1H3. The maximum absolute atomic E-state index is 11.8. The smallest absolute Gasteiger partial charge is 0.336 e. The number of Topliss-reactive ketones (excluding diaryl/α,β-unsaturated/α-hetero) is 1. The van der Waals surface area contributed by atoms with Crippen molar-refractivity contribution in [3.8, 4) is 5.75 Å². The van der Waals surface area contributed by atoms with Crippen LogP contribution in [0.15, 0.2) is 33.5 Å². The van der Waals surface area contributed by atoms with Gasteiger partial charge in [0.2, 0.25) is 0 Å². The molecule has 0 N–H and O–H groups in total. The van der Waals surface area contributed by atoms with E-state index in [0.29, 0.717) is 30.0 Å². The second kappa shape index (κ2) is 5.12. The molecular weight excluding hydrogens is 256 g/mol. The molecule has 0 saturated heterocycles. The number of carbonyl (C=O) groups is 1. The van der Waals surface area contributed by atoms with Gasteiger partial charge in [0.05, 0.1) is 7.11 Å². The molecule has 1 aromatic carbocycles. The fourth-order valence-electron chi connectivity index (χ4n) is 2.88. The summed E-state index contributed by atoms with van der Waals surface area (Å²) in [6.45, 7) is 0. The van der Waals surface area contributed by atoms with Crippen LogP contribution in [0, 0.1) is 5.92 Å².